The summed E-state index contributed by atoms with van der Waals surface area (Å²) < 4.78 is 0. The maximum Gasteiger partial charge on any atom is 0.245 e. The number of hydrogen-bond donors (Lipinski definition) is 3. The van der Waals surface area contributed by atoms with E-state index in [2.05, 4.69) is 31.4 Å². The van der Waals surface area contributed by atoms with Crippen LogP contribution in [-0.2, 0) is 4.79 Å². The van der Waals surface area contributed by atoms with Gasteiger partial charge < -0.3 is 15.7 Å². The molecule has 0 heterocycles. The number of aliphatic hydroxyl groups excluding tert-OH is 1. The molecule has 0 radical (unpaired) electrons. The maximum absolute atomic E-state index is 11.0. The molecular formula is C18H38N2O2. The first kappa shape index (κ1) is 21.4. The van der Waals surface area contributed by atoms with Gasteiger partial charge in [-0.05, 0) is 19.8 Å². The highest BCUT2D eigenvalue weighted by molar-refractivity contribution is 5.76. The quantitative estimate of drug-likeness (QED) is 0.406. The molecule has 0 aliphatic carbocycles. The Morgan fingerprint density at radius 2 is 1.45 bits per heavy atom. The van der Waals surface area contributed by atoms with Crippen molar-refractivity contribution in [3.63, 3.8) is 0 Å². The maximum atomic E-state index is 11.0. The SMILES string of the molecule is CCCCCCC(C)(CCCCCC)NCCNC(=O)CO. The van der Waals surface area contributed by atoms with E-state index in [1.165, 1.54) is 64.2 Å². The fraction of sp³-hybridized carbons (Fsp3) is 0.944. The number of unbranched alkanes of at least 4 members (excludes halogenated alkanes) is 6. The van der Waals surface area contributed by atoms with E-state index in [1.807, 2.05) is 0 Å². The van der Waals surface area contributed by atoms with E-state index in [0.717, 1.165) is 6.54 Å². The number of carbonyl (C=O) groups excluding carboxylic acids is 1. The Kier molecular flexibility index (Phi) is 13.6. The van der Waals surface area contributed by atoms with Crippen molar-refractivity contribution in [2.45, 2.75) is 90.5 Å². The highest BCUT2D eigenvalue weighted by Gasteiger charge is 2.22. The monoisotopic (exact) mass is 314 g/mol. The molecule has 0 saturated heterocycles. The number of hydrogen-bond acceptors (Lipinski definition) is 3. The van der Waals surface area contributed by atoms with Gasteiger partial charge in [-0.3, -0.25) is 4.79 Å². The molecule has 4 nitrogen and oxygen atoms in total. The van der Waals surface area contributed by atoms with Gasteiger partial charge in [0.2, 0.25) is 5.91 Å². The van der Waals surface area contributed by atoms with Gasteiger partial charge in [0, 0.05) is 18.6 Å². The third-order valence-electron chi connectivity index (χ3n) is 4.31. The normalized spacial score (nSPS) is 11.6. The Morgan fingerprint density at radius 1 is 0.909 bits per heavy atom. The van der Waals surface area contributed by atoms with Crippen LogP contribution in [0.25, 0.3) is 0 Å². The molecule has 3 N–H and O–H groups in total. The second kappa shape index (κ2) is 14.0. The summed E-state index contributed by atoms with van der Waals surface area (Å²) >= 11 is 0. The molecule has 132 valence electrons. The number of nitrogens with one attached hydrogen (secondary N) is 2. The molecule has 0 rings (SSSR count). The first-order valence-electron chi connectivity index (χ1n) is 9.20. The van der Waals surface area contributed by atoms with Gasteiger partial charge in [-0.15, -0.1) is 0 Å². The first-order valence-corrected chi connectivity index (χ1v) is 9.20. The van der Waals surface area contributed by atoms with E-state index in [-0.39, 0.29) is 11.4 Å². The summed E-state index contributed by atoms with van der Waals surface area (Å²) in [6.45, 7) is 7.73. The molecule has 0 aliphatic heterocycles. The Bertz CT molecular complexity index is 258. The van der Waals surface area contributed by atoms with Gasteiger partial charge in [0.15, 0.2) is 0 Å². The molecule has 0 fully saturated rings. The smallest absolute Gasteiger partial charge is 0.245 e. The number of rotatable bonds is 15. The lowest BCUT2D eigenvalue weighted by molar-refractivity contribution is -0.123. The highest BCUT2D eigenvalue weighted by atomic mass is 16.3. The van der Waals surface area contributed by atoms with Crippen molar-refractivity contribution in [3.05, 3.63) is 0 Å². The van der Waals surface area contributed by atoms with Crippen LogP contribution in [0.1, 0.15) is 85.0 Å². The fourth-order valence-corrected chi connectivity index (χ4v) is 2.81. The Labute approximate surface area is 137 Å². The van der Waals surface area contributed by atoms with Gasteiger partial charge in [0.25, 0.3) is 0 Å². The Balaban J connectivity index is 4.09. The van der Waals surface area contributed by atoms with Crippen LogP contribution in [0.4, 0.5) is 0 Å². The van der Waals surface area contributed by atoms with E-state index in [1.54, 1.807) is 0 Å². The molecule has 0 atom stereocenters. The second-order valence-electron chi connectivity index (χ2n) is 6.62. The molecule has 0 aliphatic rings. The molecule has 0 saturated carbocycles. The van der Waals surface area contributed by atoms with Crippen molar-refractivity contribution in [3.8, 4) is 0 Å². The first-order chi connectivity index (χ1) is 10.6. The lowest BCUT2D eigenvalue weighted by Crippen LogP contribution is -2.46. The van der Waals surface area contributed by atoms with Gasteiger partial charge in [-0.25, -0.2) is 0 Å². The predicted octanol–water partition coefficient (Wildman–Crippen LogP) is 3.38. The van der Waals surface area contributed by atoms with E-state index in [0.29, 0.717) is 6.54 Å². The lowest BCUT2D eigenvalue weighted by atomic mass is 9.88. The van der Waals surface area contributed by atoms with Crippen LogP contribution >= 0.6 is 0 Å². The number of amides is 1. The standard InChI is InChI=1S/C18H38N2O2/c1-4-6-8-10-12-18(3,13-11-9-7-5-2)20-15-14-19-17(22)16-21/h20-21H,4-16H2,1-3H3,(H,19,22). The summed E-state index contributed by atoms with van der Waals surface area (Å²) in [5.41, 5.74) is 0.172. The van der Waals surface area contributed by atoms with Gasteiger partial charge in [0.1, 0.15) is 6.61 Å². The molecule has 0 aromatic rings. The summed E-state index contributed by atoms with van der Waals surface area (Å²) in [4.78, 5) is 11.0. The third-order valence-corrected chi connectivity index (χ3v) is 4.31. The van der Waals surface area contributed by atoms with Gasteiger partial charge in [0.05, 0.1) is 0 Å². The zero-order valence-electron chi connectivity index (χ0n) is 15.0. The summed E-state index contributed by atoms with van der Waals surface area (Å²) in [5, 5.41) is 15.0. The summed E-state index contributed by atoms with van der Waals surface area (Å²) in [5.74, 6) is -0.297. The lowest BCUT2D eigenvalue weighted by Gasteiger charge is -2.31. The average molecular weight is 315 g/mol. The summed E-state index contributed by atoms with van der Waals surface area (Å²) in [6, 6.07) is 0. The van der Waals surface area contributed by atoms with Crippen LogP contribution in [-0.4, -0.2) is 36.2 Å². The third kappa shape index (κ3) is 12.0. The van der Waals surface area contributed by atoms with Crippen molar-refractivity contribution in [1.82, 2.24) is 10.6 Å². The molecular weight excluding hydrogens is 276 g/mol. The van der Waals surface area contributed by atoms with Crippen LogP contribution in [0.3, 0.4) is 0 Å². The van der Waals surface area contributed by atoms with E-state index >= 15 is 0 Å². The molecule has 0 spiro atoms. The zero-order chi connectivity index (χ0) is 16.7. The molecule has 22 heavy (non-hydrogen) atoms. The van der Waals surface area contributed by atoms with Crippen molar-refractivity contribution < 1.29 is 9.90 Å². The van der Waals surface area contributed by atoms with Gasteiger partial charge >= 0.3 is 0 Å². The van der Waals surface area contributed by atoms with Crippen molar-refractivity contribution in [2.75, 3.05) is 19.7 Å². The van der Waals surface area contributed by atoms with Crippen molar-refractivity contribution in [1.29, 1.82) is 0 Å². The second-order valence-corrected chi connectivity index (χ2v) is 6.62. The topological polar surface area (TPSA) is 61.4 Å². The largest absolute Gasteiger partial charge is 0.387 e. The van der Waals surface area contributed by atoms with E-state index < -0.39 is 6.61 Å². The summed E-state index contributed by atoms with van der Waals surface area (Å²) in [7, 11) is 0. The number of aliphatic hydroxyl groups is 1. The molecule has 0 aromatic heterocycles. The Morgan fingerprint density at radius 3 is 1.91 bits per heavy atom. The minimum atomic E-state index is -0.425. The number of carbonyl (C=O) groups is 1. The van der Waals surface area contributed by atoms with Crippen LogP contribution in [0.2, 0.25) is 0 Å². The molecule has 1 amide bonds. The van der Waals surface area contributed by atoms with E-state index in [4.69, 9.17) is 5.11 Å². The minimum absolute atomic E-state index is 0.172. The molecule has 0 aromatic carbocycles. The van der Waals surface area contributed by atoms with Crippen LogP contribution in [0.15, 0.2) is 0 Å². The van der Waals surface area contributed by atoms with Crippen LogP contribution in [0, 0.1) is 0 Å². The van der Waals surface area contributed by atoms with Crippen molar-refractivity contribution in [2.24, 2.45) is 0 Å². The summed E-state index contributed by atoms with van der Waals surface area (Å²) in [6.07, 6.45) is 12.7. The highest BCUT2D eigenvalue weighted by Crippen LogP contribution is 2.22. The zero-order valence-corrected chi connectivity index (χ0v) is 15.0. The van der Waals surface area contributed by atoms with E-state index in [9.17, 15) is 4.79 Å². The minimum Gasteiger partial charge on any atom is -0.387 e. The predicted molar refractivity (Wildman–Crippen MR) is 94.0 cm³/mol. The average Bonchev–Trinajstić information content (AvgIpc) is 2.52. The van der Waals surface area contributed by atoms with Gasteiger partial charge in [-0.1, -0.05) is 65.2 Å². The van der Waals surface area contributed by atoms with Crippen LogP contribution < -0.4 is 10.6 Å². The van der Waals surface area contributed by atoms with Crippen LogP contribution in [0.5, 0.6) is 0 Å². The van der Waals surface area contributed by atoms with Gasteiger partial charge in [-0.2, -0.15) is 0 Å². The fourth-order valence-electron chi connectivity index (χ4n) is 2.81. The molecule has 0 unspecified atom stereocenters. The molecule has 0 bridgehead atoms. The Hall–Kier alpha value is -0.610. The van der Waals surface area contributed by atoms with Crippen molar-refractivity contribution >= 4 is 5.91 Å². The molecule has 4 heteroatoms.